The Morgan fingerprint density at radius 3 is 2.58 bits per heavy atom. The van der Waals surface area contributed by atoms with Gasteiger partial charge in [-0.15, -0.1) is 0 Å². The lowest BCUT2D eigenvalue weighted by molar-refractivity contribution is 0.136. The van der Waals surface area contributed by atoms with Crippen molar-refractivity contribution in [2.75, 3.05) is 79.7 Å². The van der Waals surface area contributed by atoms with Crippen LogP contribution in [0.3, 0.4) is 0 Å². The van der Waals surface area contributed by atoms with Crippen LogP contribution in [0, 0.1) is 5.92 Å². The van der Waals surface area contributed by atoms with Gasteiger partial charge in [-0.2, -0.15) is 0 Å². The van der Waals surface area contributed by atoms with Crippen LogP contribution in [-0.2, 0) is 4.74 Å². The zero-order valence-corrected chi connectivity index (χ0v) is 16.0. The largest absolute Gasteiger partial charge is 0.381 e. The molecule has 0 radical (unpaired) electrons. The van der Waals surface area contributed by atoms with Gasteiger partial charge >= 0.3 is 0 Å². The number of ether oxygens (including phenoxy) is 1. The Kier molecular flexibility index (Phi) is 8.84. The van der Waals surface area contributed by atoms with Gasteiger partial charge in [0.2, 0.25) is 0 Å². The number of nitrogens with one attached hydrogen (secondary N) is 1. The van der Waals surface area contributed by atoms with E-state index in [1.165, 1.54) is 58.5 Å². The number of hydrogen-bond acceptors (Lipinski definition) is 4. The van der Waals surface area contributed by atoms with E-state index < -0.39 is 0 Å². The van der Waals surface area contributed by atoms with E-state index in [9.17, 15) is 0 Å². The number of nitrogens with zero attached hydrogens (tertiary/aromatic N) is 4. The third kappa shape index (κ3) is 6.57. The molecule has 2 heterocycles. The minimum atomic E-state index is 0.648. The van der Waals surface area contributed by atoms with Gasteiger partial charge in [0.05, 0.1) is 6.61 Å². The molecule has 2 rings (SSSR count). The second-order valence-electron chi connectivity index (χ2n) is 7.07. The average molecular weight is 340 g/mol. The van der Waals surface area contributed by atoms with Crippen LogP contribution in [-0.4, -0.2) is 100 Å². The number of guanidine groups is 1. The summed E-state index contributed by atoms with van der Waals surface area (Å²) >= 11 is 0. The fourth-order valence-electron chi connectivity index (χ4n) is 3.58. The van der Waals surface area contributed by atoms with Crippen LogP contribution in [0.15, 0.2) is 4.99 Å². The maximum atomic E-state index is 5.46. The molecule has 2 fully saturated rings. The lowest BCUT2D eigenvalue weighted by Crippen LogP contribution is -2.46. The maximum Gasteiger partial charge on any atom is 0.193 e. The van der Waals surface area contributed by atoms with E-state index in [1.807, 2.05) is 7.05 Å². The molecule has 6 heteroatoms. The monoisotopic (exact) mass is 339 g/mol. The van der Waals surface area contributed by atoms with Gasteiger partial charge < -0.3 is 24.8 Å². The number of likely N-dealkylation sites (N-methyl/N-ethyl adjacent to an activating group) is 1. The summed E-state index contributed by atoms with van der Waals surface area (Å²) in [5.74, 6) is 1.66. The van der Waals surface area contributed by atoms with Gasteiger partial charge in [-0.3, -0.25) is 4.99 Å². The van der Waals surface area contributed by atoms with E-state index in [-0.39, 0.29) is 0 Å². The smallest absolute Gasteiger partial charge is 0.193 e. The van der Waals surface area contributed by atoms with Gasteiger partial charge in [0.1, 0.15) is 0 Å². The third-order valence-corrected chi connectivity index (χ3v) is 5.23. The summed E-state index contributed by atoms with van der Waals surface area (Å²) in [7, 11) is 4.00. The predicted octanol–water partition coefficient (Wildman–Crippen LogP) is 0.948. The topological polar surface area (TPSA) is 43.3 Å². The van der Waals surface area contributed by atoms with Crippen LogP contribution in [0.2, 0.25) is 0 Å². The molecular weight excluding hydrogens is 302 g/mol. The SMILES string of the molecule is CCN1CCN(CCCCNC(=NC)N(C)CC2CCOC2)CC1. The molecule has 0 amide bonds. The molecule has 140 valence electrons. The molecule has 0 saturated carbocycles. The number of hydrogen-bond donors (Lipinski definition) is 1. The molecule has 0 aromatic rings. The van der Waals surface area contributed by atoms with E-state index in [4.69, 9.17) is 4.74 Å². The number of rotatable bonds is 8. The molecule has 1 atom stereocenters. The molecule has 6 nitrogen and oxygen atoms in total. The molecular formula is C18H37N5O. The summed E-state index contributed by atoms with van der Waals surface area (Å²) in [6.07, 6.45) is 3.64. The minimum Gasteiger partial charge on any atom is -0.381 e. The first-order valence-corrected chi connectivity index (χ1v) is 9.67. The number of aliphatic imine (C=N–C) groups is 1. The fourth-order valence-corrected chi connectivity index (χ4v) is 3.58. The molecule has 0 spiro atoms. The summed E-state index contributed by atoms with van der Waals surface area (Å²) in [5, 5.41) is 3.51. The first kappa shape index (κ1) is 19.5. The highest BCUT2D eigenvalue weighted by Crippen LogP contribution is 2.13. The quantitative estimate of drug-likeness (QED) is 0.405. The maximum absolute atomic E-state index is 5.46. The lowest BCUT2D eigenvalue weighted by Gasteiger charge is -2.34. The van der Waals surface area contributed by atoms with Crippen LogP contribution < -0.4 is 5.32 Å². The Morgan fingerprint density at radius 1 is 1.21 bits per heavy atom. The van der Waals surface area contributed by atoms with E-state index in [0.29, 0.717) is 5.92 Å². The van der Waals surface area contributed by atoms with Crippen LogP contribution in [0.4, 0.5) is 0 Å². The Balaban J connectivity index is 1.53. The van der Waals surface area contributed by atoms with E-state index in [2.05, 4.69) is 39.0 Å². The Bertz CT molecular complexity index is 362. The molecule has 0 aromatic heterocycles. The normalized spacial score (nSPS) is 23.6. The minimum absolute atomic E-state index is 0.648. The molecule has 1 N–H and O–H groups in total. The number of piperazine rings is 1. The van der Waals surface area contributed by atoms with Gasteiger partial charge in [0, 0.05) is 65.9 Å². The molecule has 24 heavy (non-hydrogen) atoms. The van der Waals surface area contributed by atoms with Crippen molar-refractivity contribution in [1.82, 2.24) is 20.0 Å². The van der Waals surface area contributed by atoms with Crippen LogP contribution in [0.1, 0.15) is 26.2 Å². The highest BCUT2D eigenvalue weighted by Gasteiger charge is 2.19. The Labute approximate surface area is 148 Å². The van der Waals surface area contributed by atoms with Crippen LogP contribution in [0.5, 0.6) is 0 Å². The van der Waals surface area contributed by atoms with E-state index >= 15 is 0 Å². The zero-order chi connectivity index (χ0) is 17.2. The molecule has 0 aromatic carbocycles. The second-order valence-corrected chi connectivity index (χ2v) is 7.07. The predicted molar refractivity (Wildman–Crippen MR) is 101 cm³/mol. The summed E-state index contributed by atoms with van der Waals surface area (Å²) in [4.78, 5) is 11.8. The standard InChI is InChI=1S/C18H37N5O/c1-4-22-10-12-23(13-11-22)9-6-5-8-20-18(19-2)21(3)15-17-7-14-24-16-17/h17H,4-16H2,1-3H3,(H,19,20). The van der Waals surface area contributed by atoms with Crippen molar-refractivity contribution in [2.45, 2.75) is 26.2 Å². The Morgan fingerprint density at radius 2 is 1.96 bits per heavy atom. The van der Waals surface area contributed by atoms with Crippen LogP contribution >= 0.6 is 0 Å². The summed E-state index contributed by atoms with van der Waals surface area (Å²) in [5.41, 5.74) is 0. The van der Waals surface area contributed by atoms with Crippen molar-refractivity contribution in [3.63, 3.8) is 0 Å². The Hall–Kier alpha value is -0.850. The summed E-state index contributed by atoms with van der Waals surface area (Å²) in [6.45, 7) is 13.5. The summed E-state index contributed by atoms with van der Waals surface area (Å²) < 4.78 is 5.46. The van der Waals surface area contributed by atoms with Gasteiger partial charge in [0.25, 0.3) is 0 Å². The molecule has 2 saturated heterocycles. The van der Waals surface area contributed by atoms with Crippen molar-refractivity contribution in [3.05, 3.63) is 0 Å². The fraction of sp³-hybridized carbons (Fsp3) is 0.944. The van der Waals surface area contributed by atoms with Gasteiger partial charge in [-0.25, -0.2) is 0 Å². The number of unbranched alkanes of at least 4 members (excludes halogenated alkanes) is 1. The van der Waals surface area contributed by atoms with E-state index in [1.54, 1.807) is 0 Å². The van der Waals surface area contributed by atoms with Crippen molar-refractivity contribution in [1.29, 1.82) is 0 Å². The lowest BCUT2D eigenvalue weighted by atomic mass is 10.1. The van der Waals surface area contributed by atoms with Crippen molar-refractivity contribution in [2.24, 2.45) is 10.9 Å². The van der Waals surface area contributed by atoms with Gasteiger partial charge in [-0.05, 0) is 32.4 Å². The first-order chi connectivity index (χ1) is 11.7. The van der Waals surface area contributed by atoms with Crippen LogP contribution in [0.25, 0.3) is 0 Å². The highest BCUT2D eigenvalue weighted by atomic mass is 16.5. The molecule has 2 aliphatic rings. The highest BCUT2D eigenvalue weighted by molar-refractivity contribution is 5.79. The van der Waals surface area contributed by atoms with Gasteiger partial charge in [0.15, 0.2) is 5.96 Å². The average Bonchev–Trinajstić information content (AvgIpc) is 3.11. The molecule has 0 aliphatic carbocycles. The van der Waals surface area contributed by atoms with Crippen molar-refractivity contribution >= 4 is 5.96 Å². The molecule has 2 aliphatic heterocycles. The van der Waals surface area contributed by atoms with Crippen molar-refractivity contribution in [3.8, 4) is 0 Å². The molecule has 0 bridgehead atoms. The van der Waals surface area contributed by atoms with Crippen molar-refractivity contribution < 1.29 is 4.74 Å². The molecule has 1 unspecified atom stereocenters. The van der Waals surface area contributed by atoms with Gasteiger partial charge in [-0.1, -0.05) is 6.92 Å². The van der Waals surface area contributed by atoms with E-state index in [0.717, 1.165) is 32.3 Å². The first-order valence-electron chi connectivity index (χ1n) is 9.67. The second kappa shape index (κ2) is 10.9. The third-order valence-electron chi connectivity index (χ3n) is 5.23. The zero-order valence-electron chi connectivity index (χ0n) is 16.0. The summed E-state index contributed by atoms with van der Waals surface area (Å²) in [6, 6.07) is 0.